The monoisotopic (exact) mass is 183 g/mol. The molecule has 2 fully saturated rings. The van der Waals surface area contributed by atoms with Gasteiger partial charge in [0.05, 0.1) is 18.8 Å². The van der Waals surface area contributed by atoms with E-state index < -0.39 is 0 Å². The van der Waals surface area contributed by atoms with Gasteiger partial charge in [0, 0.05) is 6.54 Å². The highest BCUT2D eigenvalue weighted by molar-refractivity contribution is 4.93. The Bertz CT molecular complexity index is 184. The minimum atomic E-state index is 0.369. The first-order valence-electron chi connectivity index (χ1n) is 4.95. The average molecular weight is 183 g/mol. The predicted octanol–water partition coefficient (Wildman–Crippen LogP) is 0.913. The zero-order valence-electron chi connectivity index (χ0n) is 7.87. The van der Waals surface area contributed by atoms with Crippen molar-refractivity contribution >= 4 is 0 Å². The van der Waals surface area contributed by atoms with Gasteiger partial charge in [-0.25, -0.2) is 0 Å². The van der Waals surface area contributed by atoms with Crippen LogP contribution in [-0.4, -0.2) is 32.1 Å². The second-order valence-corrected chi connectivity index (χ2v) is 3.76. The van der Waals surface area contributed by atoms with Gasteiger partial charge in [-0.2, -0.15) is 0 Å². The third-order valence-corrected chi connectivity index (χ3v) is 2.89. The molecule has 2 rings (SSSR count). The molecule has 3 nitrogen and oxygen atoms in total. The molecule has 74 valence electrons. The molecular weight excluding hydrogens is 166 g/mol. The van der Waals surface area contributed by atoms with E-state index in [4.69, 9.17) is 9.47 Å². The molecule has 0 aromatic carbocycles. The molecule has 0 aliphatic carbocycles. The maximum Gasteiger partial charge on any atom is 0.147 e. The molecule has 0 spiro atoms. The number of nitrogens with one attached hydrogen (secondary N) is 1. The zero-order valence-corrected chi connectivity index (χ0v) is 7.87. The van der Waals surface area contributed by atoms with Crippen molar-refractivity contribution < 1.29 is 9.47 Å². The number of hydrogen-bond acceptors (Lipinski definition) is 3. The molecule has 13 heavy (non-hydrogen) atoms. The van der Waals surface area contributed by atoms with Crippen LogP contribution < -0.4 is 5.32 Å². The summed E-state index contributed by atoms with van der Waals surface area (Å²) in [6.45, 7) is 6.07. The highest BCUT2D eigenvalue weighted by Crippen LogP contribution is 2.25. The van der Waals surface area contributed by atoms with Gasteiger partial charge in [0.2, 0.25) is 0 Å². The van der Waals surface area contributed by atoms with Gasteiger partial charge >= 0.3 is 0 Å². The van der Waals surface area contributed by atoms with Crippen molar-refractivity contribution in [3.8, 4) is 0 Å². The van der Waals surface area contributed by atoms with Gasteiger partial charge in [-0.3, -0.25) is 0 Å². The second kappa shape index (κ2) is 4.22. The first kappa shape index (κ1) is 9.19. The minimum Gasteiger partial charge on any atom is -0.354 e. The number of rotatable bonds is 3. The van der Waals surface area contributed by atoms with Gasteiger partial charge in [-0.05, 0) is 18.8 Å². The van der Waals surface area contributed by atoms with E-state index in [1.54, 1.807) is 0 Å². The van der Waals surface area contributed by atoms with E-state index in [1.807, 2.05) is 6.08 Å². The SMILES string of the molecule is C=CCCC1CNC2COCOC12. The molecule has 0 aromatic heterocycles. The topological polar surface area (TPSA) is 30.5 Å². The zero-order chi connectivity index (χ0) is 9.10. The summed E-state index contributed by atoms with van der Waals surface area (Å²) in [5.41, 5.74) is 0. The lowest BCUT2D eigenvalue weighted by molar-refractivity contribution is -0.154. The van der Waals surface area contributed by atoms with Gasteiger partial charge < -0.3 is 14.8 Å². The Labute approximate surface area is 79.1 Å². The second-order valence-electron chi connectivity index (χ2n) is 3.76. The lowest BCUT2D eigenvalue weighted by Crippen LogP contribution is -2.42. The predicted molar refractivity (Wildman–Crippen MR) is 50.4 cm³/mol. The van der Waals surface area contributed by atoms with E-state index in [0.717, 1.165) is 19.6 Å². The smallest absolute Gasteiger partial charge is 0.147 e. The van der Waals surface area contributed by atoms with E-state index in [0.29, 0.717) is 24.9 Å². The summed E-state index contributed by atoms with van der Waals surface area (Å²) in [6.07, 6.45) is 4.61. The van der Waals surface area contributed by atoms with Crippen LogP contribution in [0.15, 0.2) is 12.7 Å². The standard InChI is InChI=1S/C10H17NO2/c1-2-3-4-8-5-11-9-6-12-7-13-10(8)9/h2,8-11H,1,3-7H2. The lowest BCUT2D eigenvalue weighted by Gasteiger charge is -2.28. The van der Waals surface area contributed by atoms with E-state index in [1.165, 1.54) is 6.42 Å². The molecule has 3 atom stereocenters. The normalized spacial score (nSPS) is 38.6. The van der Waals surface area contributed by atoms with Gasteiger partial charge in [0.15, 0.2) is 0 Å². The summed E-state index contributed by atoms with van der Waals surface area (Å²) in [5.74, 6) is 0.645. The summed E-state index contributed by atoms with van der Waals surface area (Å²) >= 11 is 0. The summed E-state index contributed by atoms with van der Waals surface area (Å²) in [5, 5.41) is 3.43. The highest BCUT2D eigenvalue weighted by atomic mass is 16.7. The van der Waals surface area contributed by atoms with Gasteiger partial charge in [-0.1, -0.05) is 6.08 Å². The van der Waals surface area contributed by atoms with Gasteiger partial charge in [0.25, 0.3) is 0 Å². The molecule has 0 radical (unpaired) electrons. The fourth-order valence-corrected chi connectivity index (χ4v) is 2.17. The first-order chi connectivity index (χ1) is 6.42. The molecule has 0 saturated carbocycles. The molecule has 3 heteroatoms. The third-order valence-electron chi connectivity index (χ3n) is 2.89. The molecule has 0 aromatic rings. The maximum atomic E-state index is 5.59. The van der Waals surface area contributed by atoms with Crippen LogP contribution >= 0.6 is 0 Å². The lowest BCUT2D eigenvalue weighted by atomic mass is 9.96. The average Bonchev–Trinajstić information content (AvgIpc) is 2.58. The molecule has 2 aliphatic heterocycles. The molecule has 2 heterocycles. The summed E-state index contributed by atoms with van der Waals surface area (Å²) in [6, 6.07) is 0.420. The molecule has 2 aliphatic rings. The van der Waals surface area contributed by atoms with E-state index in [2.05, 4.69) is 11.9 Å². The van der Waals surface area contributed by atoms with Gasteiger partial charge in [-0.15, -0.1) is 6.58 Å². The van der Waals surface area contributed by atoms with Crippen molar-refractivity contribution in [3.05, 3.63) is 12.7 Å². The van der Waals surface area contributed by atoms with E-state index >= 15 is 0 Å². The van der Waals surface area contributed by atoms with Crippen molar-refractivity contribution in [2.24, 2.45) is 5.92 Å². The van der Waals surface area contributed by atoms with Crippen LogP contribution in [-0.2, 0) is 9.47 Å². The summed E-state index contributed by atoms with van der Waals surface area (Å²) < 4.78 is 10.8. The fraction of sp³-hybridized carbons (Fsp3) is 0.800. The van der Waals surface area contributed by atoms with Crippen LogP contribution in [0.3, 0.4) is 0 Å². The Morgan fingerprint density at radius 3 is 3.31 bits per heavy atom. The maximum absolute atomic E-state index is 5.59. The van der Waals surface area contributed by atoms with Crippen LogP contribution in [0.4, 0.5) is 0 Å². The number of hydrogen-bond donors (Lipinski definition) is 1. The first-order valence-corrected chi connectivity index (χ1v) is 4.95. The van der Waals surface area contributed by atoms with Crippen molar-refractivity contribution in [2.45, 2.75) is 25.0 Å². The Kier molecular flexibility index (Phi) is 2.98. The largest absolute Gasteiger partial charge is 0.354 e. The number of fused-ring (bicyclic) bond motifs is 1. The Morgan fingerprint density at radius 1 is 1.54 bits per heavy atom. The van der Waals surface area contributed by atoms with Crippen LogP contribution in [0.2, 0.25) is 0 Å². The summed E-state index contributed by atoms with van der Waals surface area (Å²) in [4.78, 5) is 0. The van der Waals surface area contributed by atoms with Crippen LogP contribution in [0.25, 0.3) is 0 Å². The van der Waals surface area contributed by atoms with Gasteiger partial charge in [0.1, 0.15) is 6.79 Å². The molecular formula is C10H17NO2. The van der Waals surface area contributed by atoms with Crippen molar-refractivity contribution in [3.63, 3.8) is 0 Å². The number of allylic oxidation sites excluding steroid dienone is 1. The van der Waals surface area contributed by atoms with Crippen LogP contribution in [0.1, 0.15) is 12.8 Å². The third kappa shape index (κ3) is 1.93. The quantitative estimate of drug-likeness (QED) is 0.660. The molecule has 2 saturated heterocycles. The van der Waals surface area contributed by atoms with Crippen LogP contribution in [0, 0.1) is 5.92 Å². The van der Waals surface area contributed by atoms with E-state index in [-0.39, 0.29) is 0 Å². The Morgan fingerprint density at radius 2 is 2.46 bits per heavy atom. The molecule has 0 amide bonds. The fourth-order valence-electron chi connectivity index (χ4n) is 2.17. The number of ether oxygens (including phenoxy) is 2. The molecule has 1 N–H and O–H groups in total. The van der Waals surface area contributed by atoms with E-state index in [9.17, 15) is 0 Å². The minimum absolute atomic E-state index is 0.369. The Hall–Kier alpha value is -0.380. The van der Waals surface area contributed by atoms with Crippen molar-refractivity contribution in [1.82, 2.24) is 5.32 Å². The summed E-state index contributed by atoms with van der Waals surface area (Å²) in [7, 11) is 0. The highest BCUT2D eigenvalue weighted by Gasteiger charge is 2.38. The van der Waals surface area contributed by atoms with Crippen molar-refractivity contribution in [1.29, 1.82) is 0 Å². The Balaban J connectivity index is 1.87. The van der Waals surface area contributed by atoms with Crippen LogP contribution in [0.5, 0.6) is 0 Å². The molecule has 0 bridgehead atoms. The van der Waals surface area contributed by atoms with Crippen molar-refractivity contribution in [2.75, 3.05) is 19.9 Å². The molecule has 3 unspecified atom stereocenters.